The molecule has 0 saturated carbocycles. The molecule has 31 heavy (non-hydrogen) atoms. The zero-order chi connectivity index (χ0) is 22.6. The third kappa shape index (κ3) is 5.77. The van der Waals surface area contributed by atoms with Crippen molar-refractivity contribution >= 4 is 15.9 Å². The Kier molecular flexibility index (Phi) is 7.23. The second kappa shape index (κ2) is 9.70. The molecule has 0 bridgehead atoms. The topological polar surface area (TPSA) is 84.9 Å². The Balaban J connectivity index is 1.79. The van der Waals surface area contributed by atoms with E-state index in [1.807, 2.05) is 45.9 Å². The van der Waals surface area contributed by atoms with E-state index in [4.69, 9.17) is 9.47 Å². The summed E-state index contributed by atoms with van der Waals surface area (Å²) in [5, 5.41) is 0. The number of benzene rings is 2. The molecule has 168 valence electrons. The first-order chi connectivity index (χ1) is 14.7. The number of nitrogens with one attached hydrogen (secondary N) is 1. The van der Waals surface area contributed by atoms with Gasteiger partial charge in [0.15, 0.2) is 11.5 Å². The molecule has 1 heterocycles. The van der Waals surface area contributed by atoms with Gasteiger partial charge in [0.1, 0.15) is 6.04 Å². The minimum atomic E-state index is -3.82. The Morgan fingerprint density at radius 1 is 1.10 bits per heavy atom. The van der Waals surface area contributed by atoms with Gasteiger partial charge < -0.3 is 14.4 Å². The van der Waals surface area contributed by atoms with Crippen molar-refractivity contribution in [2.45, 2.75) is 51.6 Å². The van der Waals surface area contributed by atoms with Crippen molar-refractivity contribution < 1.29 is 22.7 Å². The van der Waals surface area contributed by atoms with E-state index in [-0.39, 0.29) is 23.5 Å². The summed E-state index contributed by atoms with van der Waals surface area (Å²) in [7, 11) is -3.82. The number of hydrogen-bond acceptors (Lipinski definition) is 5. The van der Waals surface area contributed by atoms with Crippen LogP contribution in [0.5, 0.6) is 11.5 Å². The summed E-state index contributed by atoms with van der Waals surface area (Å²) < 4.78 is 39.2. The minimum Gasteiger partial charge on any atom is -0.454 e. The molecule has 1 aliphatic rings. The summed E-state index contributed by atoms with van der Waals surface area (Å²) >= 11 is 0. The third-order valence-corrected chi connectivity index (χ3v) is 6.63. The first kappa shape index (κ1) is 23.1. The lowest BCUT2D eigenvalue weighted by Crippen LogP contribution is -2.48. The smallest absolute Gasteiger partial charge is 0.241 e. The SMILES string of the molecule is CCN(Cc1ccc2c(c1)OCO2)C(=O)C(CC(C)C)NS(=O)(=O)c1ccc(C)cc1. The molecule has 0 fully saturated rings. The molecule has 1 aliphatic heterocycles. The molecule has 1 unspecified atom stereocenters. The number of carbonyl (C=O) groups excluding carboxylic acids is 1. The lowest BCUT2D eigenvalue weighted by molar-refractivity contribution is -0.133. The monoisotopic (exact) mass is 446 g/mol. The lowest BCUT2D eigenvalue weighted by Gasteiger charge is -2.28. The van der Waals surface area contributed by atoms with E-state index < -0.39 is 16.1 Å². The predicted octanol–water partition coefficient (Wildman–Crippen LogP) is 3.47. The Morgan fingerprint density at radius 2 is 1.77 bits per heavy atom. The van der Waals surface area contributed by atoms with E-state index in [0.29, 0.717) is 31.0 Å². The number of hydrogen-bond donors (Lipinski definition) is 1. The molecule has 0 aliphatic carbocycles. The molecule has 1 N–H and O–H groups in total. The van der Waals surface area contributed by atoms with Crippen molar-refractivity contribution in [2.24, 2.45) is 5.92 Å². The number of sulfonamides is 1. The number of carbonyl (C=O) groups is 1. The maximum Gasteiger partial charge on any atom is 0.241 e. The number of fused-ring (bicyclic) bond motifs is 1. The molecule has 1 amide bonds. The van der Waals surface area contributed by atoms with Gasteiger partial charge in [-0.2, -0.15) is 4.72 Å². The van der Waals surface area contributed by atoms with E-state index in [9.17, 15) is 13.2 Å². The van der Waals surface area contributed by atoms with Crippen molar-refractivity contribution in [3.63, 3.8) is 0 Å². The highest BCUT2D eigenvalue weighted by Crippen LogP contribution is 2.33. The number of amides is 1. The summed E-state index contributed by atoms with van der Waals surface area (Å²) in [5.74, 6) is 1.23. The normalized spacial score (nSPS) is 14.0. The minimum absolute atomic E-state index is 0.138. The van der Waals surface area contributed by atoms with Crippen LogP contribution in [0.1, 0.15) is 38.3 Å². The summed E-state index contributed by atoms with van der Waals surface area (Å²) in [6.45, 7) is 8.70. The van der Waals surface area contributed by atoms with Crippen molar-refractivity contribution in [3.05, 3.63) is 53.6 Å². The number of likely N-dealkylation sites (N-methyl/N-ethyl adjacent to an activating group) is 1. The van der Waals surface area contributed by atoms with Crippen LogP contribution in [-0.2, 0) is 21.4 Å². The molecule has 2 aromatic carbocycles. The van der Waals surface area contributed by atoms with Crippen LogP contribution in [0.15, 0.2) is 47.4 Å². The van der Waals surface area contributed by atoms with Crippen LogP contribution in [0.2, 0.25) is 0 Å². The molecule has 1 atom stereocenters. The highest BCUT2D eigenvalue weighted by Gasteiger charge is 2.30. The van der Waals surface area contributed by atoms with Crippen LogP contribution >= 0.6 is 0 Å². The van der Waals surface area contributed by atoms with Crippen LogP contribution < -0.4 is 14.2 Å². The third-order valence-electron chi connectivity index (χ3n) is 5.14. The second-order valence-corrected chi connectivity index (χ2v) is 9.87. The first-order valence-electron chi connectivity index (χ1n) is 10.5. The van der Waals surface area contributed by atoms with Crippen molar-refractivity contribution in [1.29, 1.82) is 0 Å². The van der Waals surface area contributed by atoms with Crippen molar-refractivity contribution in [2.75, 3.05) is 13.3 Å². The Bertz CT molecular complexity index is 1020. The molecular formula is C23H30N2O5S. The highest BCUT2D eigenvalue weighted by atomic mass is 32.2. The van der Waals surface area contributed by atoms with E-state index in [1.165, 1.54) is 0 Å². The van der Waals surface area contributed by atoms with Gasteiger partial charge in [0.05, 0.1) is 4.90 Å². The van der Waals surface area contributed by atoms with Gasteiger partial charge in [-0.05, 0) is 56.0 Å². The average molecular weight is 447 g/mol. The zero-order valence-corrected chi connectivity index (χ0v) is 19.2. The molecule has 0 spiro atoms. The van der Waals surface area contributed by atoms with Gasteiger partial charge in [-0.15, -0.1) is 0 Å². The Hall–Kier alpha value is -2.58. The van der Waals surface area contributed by atoms with E-state index >= 15 is 0 Å². The van der Waals surface area contributed by atoms with E-state index in [2.05, 4.69) is 4.72 Å². The highest BCUT2D eigenvalue weighted by molar-refractivity contribution is 7.89. The van der Waals surface area contributed by atoms with Gasteiger partial charge in [-0.3, -0.25) is 4.79 Å². The molecule has 0 saturated heterocycles. The fourth-order valence-electron chi connectivity index (χ4n) is 3.47. The van der Waals surface area contributed by atoms with Crippen LogP contribution in [-0.4, -0.2) is 38.6 Å². The van der Waals surface area contributed by atoms with Gasteiger partial charge in [0, 0.05) is 13.1 Å². The molecule has 0 radical (unpaired) electrons. The summed E-state index contributed by atoms with van der Waals surface area (Å²) in [6, 6.07) is 11.3. The maximum absolute atomic E-state index is 13.4. The number of nitrogens with zero attached hydrogens (tertiary/aromatic N) is 1. The van der Waals surface area contributed by atoms with Gasteiger partial charge in [-0.1, -0.05) is 37.6 Å². The van der Waals surface area contributed by atoms with Crippen LogP contribution in [0, 0.1) is 12.8 Å². The maximum atomic E-state index is 13.4. The Labute approximate surface area is 184 Å². The number of rotatable bonds is 9. The van der Waals surface area contributed by atoms with Crippen molar-refractivity contribution in [3.8, 4) is 11.5 Å². The average Bonchev–Trinajstić information content (AvgIpc) is 3.18. The molecular weight excluding hydrogens is 416 g/mol. The lowest BCUT2D eigenvalue weighted by atomic mass is 10.0. The van der Waals surface area contributed by atoms with Crippen LogP contribution in [0.3, 0.4) is 0 Å². The van der Waals surface area contributed by atoms with Crippen LogP contribution in [0.4, 0.5) is 0 Å². The molecule has 3 rings (SSSR count). The van der Waals surface area contributed by atoms with E-state index in [1.54, 1.807) is 29.2 Å². The van der Waals surface area contributed by atoms with Crippen LogP contribution in [0.25, 0.3) is 0 Å². The molecule has 0 aromatic heterocycles. The second-order valence-electron chi connectivity index (χ2n) is 8.16. The summed E-state index contributed by atoms with van der Waals surface area (Å²) in [6.07, 6.45) is 0.404. The van der Waals surface area contributed by atoms with Gasteiger partial charge in [0.2, 0.25) is 22.7 Å². The van der Waals surface area contributed by atoms with Gasteiger partial charge in [0.25, 0.3) is 0 Å². The number of aryl methyl sites for hydroxylation is 1. The predicted molar refractivity (Wildman–Crippen MR) is 118 cm³/mol. The molecule has 8 heteroatoms. The van der Waals surface area contributed by atoms with E-state index in [0.717, 1.165) is 11.1 Å². The standard InChI is InChI=1S/C23H30N2O5S/c1-5-25(14-18-8-11-21-22(13-18)30-15-29-21)23(26)20(12-16(2)3)24-31(27,28)19-9-6-17(4)7-10-19/h6-11,13,16,20,24H,5,12,14-15H2,1-4H3. The Morgan fingerprint density at radius 3 is 2.42 bits per heavy atom. The van der Waals surface area contributed by atoms with Crippen molar-refractivity contribution in [1.82, 2.24) is 9.62 Å². The fraction of sp³-hybridized carbons (Fsp3) is 0.435. The molecule has 2 aromatic rings. The zero-order valence-electron chi connectivity index (χ0n) is 18.4. The summed E-state index contributed by atoms with van der Waals surface area (Å²) in [5.41, 5.74) is 1.86. The van der Waals surface area contributed by atoms with Gasteiger partial charge >= 0.3 is 0 Å². The molecule has 7 nitrogen and oxygen atoms in total. The largest absolute Gasteiger partial charge is 0.454 e. The fourth-order valence-corrected chi connectivity index (χ4v) is 4.67. The quantitative estimate of drug-likeness (QED) is 0.638. The summed E-state index contributed by atoms with van der Waals surface area (Å²) in [4.78, 5) is 15.2. The number of ether oxygens (including phenoxy) is 2. The van der Waals surface area contributed by atoms with Gasteiger partial charge in [-0.25, -0.2) is 8.42 Å². The first-order valence-corrected chi connectivity index (χ1v) is 11.9.